The first-order valence-electron chi connectivity index (χ1n) is 6.80. The zero-order valence-corrected chi connectivity index (χ0v) is 13.8. The van der Waals surface area contributed by atoms with E-state index >= 15 is 0 Å². The van der Waals surface area contributed by atoms with Gasteiger partial charge in [0.15, 0.2) is 0 Å². The molecule has 1 aliphatic rings. The second-order valence-electron chi connectivity index (χ2n) is 6.30. The van der Waals surface area contributed by atoms with E-state index in [1.165, 1.54) is 4.31 Å². The molecule has 0 saturated carbocycles. The van der Waals surface area contributed by atoms with Crippen LogP contribution in [0.2, 0.25) is 0 Å². The van der Waals surface area contributed by atoms with Crippen LogP contribution in [-0.4, -0.2) is 36.0 Å². The molecule has 0 radical (unpaired) electrons. The van der Waals surface area contributed by atoms with E-state index < -0.39 is 10.0 Å². The lowest BCUT2D eigenvalue weighted by atomic mass is 9.77. The quantitative estimate of drug-likeness (QED) is 0.900. The minimum atomic E-state index is -3.54. The third kappa shape index (κ3) is 3.29. The van der Waals surface area contributed by atoms with Crippen molar-refractivity contribution in [3.63, 3.8) is 0 Å². The van der Waals surface area contributed by atoms with E-state index in [1.807, 2.05) is 0 Å². The Labute approximate surface area is 124 Å². The zero-order chi connectivity index (χ0) is 15.0. The lowest BCUT2D eigenvalue weighted by molar-refractivity contribution is 0.217. The molecule has 2 rings (SSSR count). The molecule has 6 nitrogen and oxygen atoms in total. The number of nitrogens with zero attached hydrogens (tertiary/aromatic N) is 3. The van der Waals surface area contributed by atoms with E-state index in [-0.39, 0.29) is 14.9 Å². The standard InChI is InChI=1S/C12H22N4O2S2/c1-12(2,3)9-5-4-7-16(8-6-9)20(17,18)11-15-14-10(13)19-11/h9H,4-8H2,1-3H3,(H2,13,14). The average Bonchev–Trinajstić information content (AvgIpc) is 2.63. The summed E-state index contributed by atoms with van der Waals surface area (Å²) in [6, 6.07) is 0. The Morgan fingerprint density at radius 1 is 1.25 bits per heavy atom. The van der Waals surface area contributed by atoms with Crippen LogP contribution in [0.5, 0.6) is 0 Å². The molecular formula is C12H22N4O2S2. The van der Waals surface area contributed by atoms with Gasteiger partial charge in [0.2, 0.25) is 9.47 Å². The summed E-state index contributed by atoms with van der Waals surface area (Å²) in [5.74, 6) is 0.544. The van der Waals surface area contributed by atoms with Crippen molar-refractivity contribution in [2.24, 2.45) is 11.3 Å². The van der Waals surface area contributed by atoms with Crippen molar-refractivity contribution in [2.45, 2.75) is 44.4 Å². The molecule has 0 aromatic carbocycles. The Balaban J connectivity index is 2.14. The minimum absolute atomic E-state index is 0.00390. The molecule has 1 fully saturated rings. The Bertz CT molecular complexity index is 562. The molecule has 0 bridgehead atoms. The number of nitrogens with two attached hydrogens (primary N) is 1. The smallest absolute Gasteiger partial charge is 0.272 e. The second kappa shape index (κ2) is 5.57. The van der Waals surface area contributed by atoms with Gasteiger partial charge in [0.25, 0.3) is 10.0 Å². The van der Waals surface area contributed by atoms with Crippen molar-refractivity contribution in [3.05, 3.63) is 0 Å². The van der Waals surface area contributed by atoms with E-state index in [1.54, 1.807) is 0 Å². The maximum Gasteiger partial charge on any atom is 0.272 e. The number of hydrogen-bond donors (Lipinski definition) is 1. The van der Waals surface area contributed by atoms with Crippen molar-refractivity contribution < 1.29 is 8.42 Å². The summed E-state index contributed by atoms with van der Waals surface area (Å²) in [4.78, 5) is 0. The molecule has 0 spiro atoms. The van der Waals surface area contributed by atoms with Crippen LogP contribution in [0.4, 0.5) is 5.13 Å². The van der Waals surface area contributed by atoms with Gasteiger partial charge < -0.3 is 5.73 Å². The summed E-state index contributed by atoms with van der Waals surface area (Å²) in [6.45, 7) is 7.74. The van der Waals surface area contributed by atoms with Gasteiger partial charge in [-0.2, -0.15) is 4.31 Å². The SMILES string of the molecule is CC(C)(C)C1CCCN(S(=O)(=O)c2nnc(N)s2)CC1. The molecule has 0 aliphatic carbocycles. The predicted octanol–water partition coefficient (Wildman–Crippen LogP) is 1.96. The normalized spacial score (nSPS) is 22.6. The van der Waals surface area contributed by atoms with E-state index in [0.29, 0.717) is 19.0 Å². The van der Waals surface area contributed by atoms with Crippen LogP contribution in [0.15, 0.2) is 4.34 Å². The van der Waals surface area contributed by atoms with Crippen LogP contribution in [0, 0.1) is 11.3 Å². The van der Waals surface area contributed by atoms with Gasteiger partial charge in [-0.1, -0.05) is 32.1 Å². The molecule has 20 heavy (non-hydrogen) atoms. The average molecular weight is 318 g/mol. The van der Waals surface area contributed by atoms with E-state index in [4.69, 9.17) is 5.73 Å². The summed E-state index contributed by atoms with van der Waals surface area (Å²) >= 11 is 0.927. The molecule has 1 saturated heterocycles. The topological polar surface area (TPSA) is 89.2 Å². The highest BCUT2D eigenvalue weighted by atomic mass is 32.2. The van der Waals surface area contributed by atoms with Gasteiger partial charge in [-0.05, 0) is 30.6 Å². The van der Waals surface area contributed by atoms with Gasteiger partial charge in [0, 0.05) is 13.1 Å². The fourth-order valence-electron chi connectivity index (χ4n) is 2.61. The Hall–Kier alpha value is -0.730. The molecule has 1 aromatic heterocycles. The van der Waals surface area contributed by atoms with Gasteiger partial charge in [0.1, 0.15) is 0 Å². The minimum Gasteiger partial charge on any atom is -0.374 e. The number of nitrogen functional groups attached to an aromatic ring is 1. The largest absolute Gasteiger partial charge is 0.374 e. The van der Waals surface area contributed by atoms with Crippen LogP contribution in [0.3, 0.4) is 0 Å². The van der Waals surface area contributed by atoms with Crippen molar-refractivity contribution >= 4 is 26.5 Å². The number of aromatic nitrogens is 2. The third-order valence-corrected chi connectivity index (χ3v) is 6.89. The van der Waals surface area contributed by atoms with Gasteiger partial charge in [-0.25, -0.2) is 8.42 Å². The Kier molecular flexibility index (Phi) is 4.36. The van der Waals surface area contributed by atoms with Gasteiger partial charge in [-0.3, -0.25) is 0 Å². The molecular weight excluding hydrogens is 296 g/mol. The lowest BCUT2D eigenvalue weighted by Gasteiger charge is -2.29. The fourth-order valence-corrected chi connectivity index (χ4v) is 5.03. The highest BCUT2D eigenvalue weighted by molar-refractivity contribution is 7.91. The first kappa shape index (κ1) is 15.7. The Morgan fingerprint density at radius 2 is 1.95 bits per heavy atom. The van der Waals surface area contributed by atoms with Crippen LogP contribution < -0.4 is 5.73 Å². The second-order valence-corrected chi connectivity index (χ2v) is 9.42. The van der Waals surface area contributed by atoms with Gasteiger partial charge >= 0.3 is 0 Å². The molecule has 1 aliphatic heterocycles. The van der Waals surface area contributed by atoms with Crippen molar-refractivity contribution in [1.29, 1.82) is 0 Å². The zero-order valence-electron chi connectivity index (χ0n) is 12.2. The number of rotatable bonds is 2. The monoisotopic (exact) mass is 318 g/mol. The molecule has 1 atom stereocenters. The van der Waals surface area contributed by atoms with E-state index in [9.17, 15) is 8.42 Å². The predicted molar refractivity (Wildman–Crippen MR) is 79.9 cm³/mol. The van der Waals surface area contributed by atoms with Gasteiger partial charge in [-0.15, -0.1) is 10.2 Å². The number of sulfonamides is 1. The van der Waals surface area contributed by atoms with E-state index in [0.717, 1.165) is 30.6 Å². The highest BCUT2D eigenvalue weighted by Gasteiger charge is 2.33. The maximum atomic E-state index is 12.5. The van der Waals surface area contributed by atoms with Crippen molar-refractivity contribution in [1.82, 2.24) is 14.5 Å². The maximum absolute atomic E-state index is 12.5. The van der Waals surface area contributed by atoms with Crippen LogP contribution in [-0.2, 0) is 10.0 Å². The highest BCUT2D eigenvalue weighted by Crippen LogP contribution is 2.35. The number of hydrogen-bond acceptors (Lipinski definition) is 6. The van der Waals surface area contributed by atoms with Crippen molar-refractivity contribution in [3.8, 4) is 0 Å². The lowest BCUT2D eigenvalue weighted by Crippen LogP contribution is -2.32. The molecule has 8 heteroatoms. The third-order valence-electron chi connectivity index (χ3n) is 3.89. The summed E-state index contributed by atoms with van der Waals surface area (Å²) in [6.07, 6.45) is 2.83. The van der Waals surface area contributed by atoms with Gasteiger partial charge in [0.05, 0.1) is 0 Å². The molecule has 0 amide bonds. The molecule has 1 unspecified atom stereocenters. The summed E-state index contributed by atoms with van der Waals surface area (Å²) in [7, 11) is -3.54. The Morgan fingerprint density at radius 3 is 2.50 bits per heavy atom. The summed E-state index contributed by atoms with van der Waals surface area (Å²) in [5, 5.41) is 7.46. The van der Waals surface area contributed by atoms with Crippen molar-refractivity contribution in [2.75, 3.05) is 18.8 Å². The van der Waals surface area contributed by atoms with Crippen LogP contribution >= 0.6 is 11.3 Å². The first-order valence-corrected chi connectivity index (χ1v) is 9.06. The van der Waals surface area contributed by atoms with Crippen LogP contribution in [0.25, 0.3) is 0 Å². The first-order chi connectivity index (χ1) is 9.21. The van der Waals surface area contributed by atoms with Crippen LogP contribution in [0.1, 0.15) is 40.0 Å². The summed E-state index contributed by atoms with van der Waals surface area (Å²) < 4.78 is 26.5. The number of anilines is 1. The van der Waals surface area contributed by atoms with E-state index in [2.05, 4.69) is 31.0 Å². The fraction of sp³-hybridized carbons (Fsp3) is 0.833. The molecule has 114 valence electrons. The summed E-state index contributed by atoms with van der Waals surface area (Å²) in [5.41, 5.74) is 5.69. The molecule has 2 N–H and O–H groups in total. The molecule has 1 aromatic rings. The molecule has 2 heterocycles.